The highest BCUT2D eigenvalue weighted by molar-refractivity contribution is 6.01. The molecule has 0 aliphatic heterocycles. The monoisotopic (exact) mass is 439 g/mol. The fourth-order valence-corrected chi connectivity index (χ4v) is 3.22. The summed E-state index contributed by atoms with van der Waals surface area (Å²) >= 11 is 0. The van der Waals surface area contributed by atoms with Crippen LogP contribution in [0.15, 0.2) is 47.5 Å². The molecule has 0 saturated heterocycles. The molecule has 4 aromatic rings. The van der Waals surface area contributed by atoms with Crippen LogP contribution in [0.2, 0.25) is 0 Å². The van der Waals surface area contributed by atoms with Gasteiger partial charge in [0.1, 0.15) is 28.7 Å². The van der Waals surface area contributed by atoms with Crippen LogP contribution in [0.25, 0.3) is 10.9 Å². The van der Waals surface area contributed by atoms with Crippen molar-refractivity contribution in [2.75, 3.05) is 17.6 Å². The molecule has 164 valence electrons. The summed E-state index contributed by atoms with van der Waals surface area (Å²) in [7, 11) is 1.66. The van der Waals surface area contributed by atoms with Gasteiger partial charge in [-0.3, -0.25) is 14.3 Å². The molecule has 32 heavy (non-hydrogen) atoms. The van der Waals surface area contributed by atoms with E-state index in [4.69, 9.17) is 4.11 Å². The molecule has 0 aliphatic rings. The smallest absolute Gasteiger partial charge is 0.263 e. The van der Waals surface area contributed by atoms with Crippen LogP contribution in [-0.2, 0) is 13.6 Å². The zero-order valence-corrected chi connectivity index (χ0v) is 17.2. The number of nitrogens with one attached hydrogen (secondary N) is 3. The lowest BCUT2D eigenvalue weighted by Gasteiger charge is -2.12. The number of anilines is 4. The first-order valence-corrected chi connectivity index (χ1v) is 9.61. The molecule has 10 nitrogen and oxygen atoms in total. The number of aryl methyl sites for hydroxylation is 2. The first kappa shape index (κ1) is 17.4. The molecular formula is C21H21FN8O2. The van der Waals surface area contributed by atoms with Crippen molar-refractivity contribution in [3.8, 4) is 0 Å². The fourth-order valence-electron chi connectivity index (χ4n) is 3.22. The van der Waals surface area contributed by atoms with Gasteiger partial charge >= 0.3 is 0 Å². The van der Waals surface area contributed by atoms with Crippen LogP contribution in [0.5, 0.6) is 0 Å². The minimum atomic E-state index is -2.73. The van der Waals surface area contributed by atoms with Gasteiger partial charge in [-0.15, -0.1) is 0 Å². The van der Waals surface area contributed by atoms with E-state index in [9.17, 15) is 14.0 Å². The van der Waals surface area contributed by atoms with Gasteiger partial charge in [0.2, 0.25) is 0 Å². The molecule has 0 radical (unpaired) electrons. The number of pyridine rings is 3. The van der Waals surface area contributed by atoms with Gasteiger partial charge in [-0.2, -0.15) is 5.10 Å². The predicted octanol–water partition coefficient (Wildman–Crippen LogP) is 2.53. The van der Waals surface area contributed by atoms with Gasteiger partial charge in [0.25, 0.3) is 11.5 Å². The van der Waals surface area contributed by atoms with Gasteiger partial charge in [-0.1, -0.05) is 0 Å². The minimum absolute atomic E-state index is 0.0508. The maximum atomic E-state index is 13.2. The molecule has 11 heteroatoms. The van der Waals surface area contributed by atoms with E-state index in [0.29, 0.717) is 17.9 Å². The van der Waals surface area contributed by atoms with E-state index in [1.54, 1.807) is 19.3 Å². The zero-order valence-electron chi connectivity index (χ0n) is 20.2. The summed E-state index contributed by atoms with van der Waals surface area (Å²) in [4.78, 5) is 33.9. The van der Waals surface area contributed by atoms with Crippen molar-refractivity contribution >= 4 is 40.1 Å². The highest BCUT2D eigenvalue weighted by Gasteiger charge is 2.18. The van der Waals surface area contributed by atoms with Gasteiger partial charge in [-0.05, 0) is 37.3 Å². The van der Waals surface area contributed by atoms with Crippen molar-refractivity contribution in [2.24, 2.45) is 7.05 Å². The lowest BCUT2D eigenvalue weighted by atomic mass is 10.2. The van der Waals surface area contributed by atoms with E-state index in [1.807, 2.05) is 12.2 Å². The number of hydrogen-bond donors (Lipinski definition) is 3. The van der Waals surface area contributed by atoms with Gasteiger partial charge in [0.05, 0.1) is 17.3 Å². The number of amides is 1. The van der Waals surface area contributed by atoms with Gasteiger partial charge < -0.3 is 20.5 Å². The summed E-state index contributed by atoms with van der Waals surface area (Å²) in [6.07, 6.45) is 2.68. The summed E-state index contributed by atoms with van der Waals surface area (Å²) in [5, 5.41) is 12.3. The standard InChI is InChI=1S/C21H21FN8O2/c1-4-30-10-9-14-17(21(30)32)19(28-29(14)3)27-18-13(20(31)23-2)6-8-16(26-18)25-15-7-5-12(22)11-24-15/h5-11H,4H2,1-3H3,(H,23,31)(H2,24,25,26,27,28)/i2D3. The Kier molecular flexibility index (Phi) is 4.60. The fraction of sp³-hybridized carbons (Fsp3) is 0.190. The van der Waals surface area contributed by atoms with Crippen LogP contribution in [0.4, 0.5) is 27.7 Å². The molecule has 3 N–H and O–H groups in total. The first-order chi connectivity index (χ1) is 16.6. The molecule has 0 aromatic carbocycles. The summed E-state index contributed by atoms with van der Waals surface area (Å²) < 4.78 is 38.2. The third kappa shape index (κ3) is 3.87. The van der Waals surface area contributed by atoms with E-state index in [2.05, 4.69) is 25.7 Å². The number of carbonyl (C=O) groups excluding carboxylic acids is 1. The summed E-state index contributed by atoms with van der Waals surface area (Å²) in [5.74, 6) is -0.810. The average molecular weight is 439 g/mol. The largest absolute Gasteiger partial charge is 0.355 e. The highest BCUT2D eigenvalue weighted by atomic mass is 19.1. The molecule has 0 unspecified atom stereocenters. The molecule has 4 heterocycles. The van der Waals surface area contributed by atoms with E-state index in [0.717, 1.165) is 6.20 Å². The van der Waals surface area contributed by atoms with E-state index >= 15 is 0 Å². The SMILES string of the molecule is [2H]C([2H])([2H])NC(=O)c1ccc(Nc2ccc(F)cn2)nc1Nc1nn(C)c2ccn(CC)c(=O)c12. The Labute approximate surface area is 186 Å². The number of aromatic nitrogens is 5. The number of rotatable bonds is 6. The van der Waals surface area contributed by atoms with Crippen LogP contribution in [0, 0.1) is 5.82 Å². The Bertz CT molecular complexity index is 1460. The van der Waals surface area contributed by atoms with E-state index < -0.39 is 18.7 Å². The number of nitrogens with zero attached hydrogens (tertiary/aromatic N) is 5. The number of halogens is 1. The second-order valence-electron chi connectivity index (χ2n) is 6.80. The Morgan fingerprint density at radius 2 is 1.97 bits per heavy atom. The summed E-state index contributed by atoms with van der Waals surface area (Å²) in [6, 6.07) is 7.15. The second-order valence-corrected chi connectivity index (χ2v) is 6.80. The molecule has 4 rings (SSSR count). The molecule has 0 bridgehead atoms. The Morgan fingerprint density at radius 3 is 2.69 bits per heavy atom. The van der Waals surface area contributed by atoms with Crippen LogP contribution >= 0.6 is 0 Å². The van der Waals surface area contributed by atoms with Crippen molar-refractivity contribution < 1.29 is 13.3 Å². The summed E-state index contributed by atoms with van der Waals surface area (Å²) in [6.45, 7) is -0.457. The Hall–Kier alpha value is -4.28. The number of hydrogen-bond acceptors (Lipinski definition) is 7. The van der Waals surface area contributed by atoms with Gasteiger partial charge in [0.15, 0.2) is 5.82 Å². The average Bonchev–Trinajstić information content (AvgIpc) is 3.10. The zero-order chi connectivity index (χ0) is 25.3. The maximum Gasteiger partial charge on any atom is 0.263 e. The van der Waals surface area contributed by atoms with Crippen molar-refractivity contribution in [1.82, 2.24) is 29.6 Å². The molecule has 4 aromatic heterocycles. The highest BCUT2D eigenvalue weighted by Crippen LogP contribution is 2.26. The molecule has 1 amide bonds. The van der Waals surface area contributed by atoms with Gasteiger partial charge in [-0.25, -0.2) is 14.4 Å². The molecular weight excluding hydrogens is 415 g/mol. The van der Waals surface area contributed by atoms with Crippen molar-refractivity contribution in [3.63, 3.8) is 0 Å². The number of fused-ring (bicyclic) bond motifs is 1. The third-order valence-corrected chi connectivity index (χ3v) is 4.79. The van der Waals surface area contributed by atoms with Crippen molar-refractivity contribution in [1.29, 1.82) is 0 Å². The summed E-state index contributed by atoms with van der Waals surface area (Å²) in [5.41, 5.74) is 0.170. The predicted molar refractivity (Wildman–Crippen MR) is 119 cm³/mol. The van der Waals surface area contributed by atoms with E-state index in [1.165, 1.54) is 33.5 Å². The van der Waals surface area contributed by atoms with Crippen LogP contribution in [0.3, 0.4) is 0 Å². The molecule has 0 spiro atoms. The second kappa shape index (κ2) is 8.46. The quantitative estimate of drug-likeness (QED) is 0.422. The number of carbonyl (C=O) groups is 1. The van der Waals surface area contributed by atoms with Crippen LogP contribution in [-0.4, -0.2) is 37.2 Å². The first-order valence-electron chi connectivity index (χ1n) is 11.1. The Morgan fingerprint density at radius 1 is 1.16 bits per heavy atom. The Balaban J connectivity index is 1.79. The normalized spacial score (nSPS) is 12.7. The van der Waals surface area contributed by atoms with Crippen LogP contribution < -0.4 is 21.5 Å². The van der Waals surface area contributed by atoms with E-state index in [-0.39, 0.29) is 34.0 Å². The topological polar surface area (TPSA) is 119 Å². The lowest BCUT2D eigenvalue weighted by Crippen LogP contribution is -2.21. The van der Waals surface area contributed by atoms with Crippen molar-refractivity contribution in [2.45, 2.75) is 13.5 Å². The molecule has 0 aliphatic carbocycles. The van der Waals surface area contributed by atoms with Crippen LogP contribution in [0.1, 0.15) is 21.4 Å². The molecule has 0 saturated carbocycles. The van der Waals surface area contributed by atoms with Gasteiger partial charge in [0, 0.05) is 30.9 Å². The van der Waals surface area contributed by atoms with Crippen molar-refractivity contribution in [3.05, 3.63) is 64.5 Å². The molecule has 0 atom stereocenters. The lowest BCUT2D eigenvalue weighted by molar-refractivity contribution is 0.0963. The maximum absolute atomic E-state index is 13.2. The minimum Gasteiger partial charge on any atom is -0.355 e. The molecule has 0 fully saturated rings. The third-order valence-electron chi connectivity index (χ3n) is 4.79.